The van der Waals surface area contributed by atoms with Gasteiger partial charge in [0.15, 0.2) is 0 Å². The van der Waals surface area contributed by atoms with Gasteiger partial charge in [-0.25, -0.2) is 0 Å². The predicted molar refractivity (Wildman–Crippen MR) is 252 cm³/mol. The molecular weight excluding hydrogens is 735 g/mol. The first-order valence-corrected chi connectivity index (χ1v) is 22.1. The van der Waals surface area contributed by atoms with Crippen molar-refractivity contribution >= 4 is 5.69 Å². The minimum Gasteiger partial charge on any atom is -0.310 e. The molecule has 2 atom stereocenters. The van der Waals surface area contributed by atoms with Gasteiger partial charge in [0, 0.05) is 16.8 Å². The van der Waals surface area contributed by atoms with Gasteiger partial charge in [0.2, 0.25) is 0 Å². The fraction of sp³-hybridized carbons (Fsp3) is 0.133. The van der Waals surface area contributed by atoms with Gasteiger partial charge in [-0.3, -0.25) is 0 Å². The molecule has 0 saturated heterocycles. The first kappa shape index (κ1) is 34.9. The third kappa shape index (κ3) is 4.46. The SMILES string of the molecule is CC1(C)c2ccccc2-c2cc3c(cc21)C3(c1ccc2c(c1)C1(C3=C(C=CC=CC3)N(C3=CCCC=C3)c3ccccc31)c1ccccc1-2)c1ccccc1-c1ccccc1. The molecule has 7 aromatic carbocycles. The zero-order chi connectivity index (χ0) is 40.5. The van der Waals surface area contributed by atoms with E-state index in [1.807, 2.05) is 0 Å². The van der Waals surface area contributed by atoms with Gasteiger partial charge in [-0.2, -0.15) is 0 Å². The van der Waals surface area contributed by atoms with Crippen molar-refractivity contribution in [3.05, 3.63) is 267 Å². The standard InChI is InChI=1S/C60H45N/c1-58(2)47-27-15-13-26-44(47)46-37-54-55(38-52(46)58)59(54,48-28-16-12-24-42(48)39-20-6-3-7-21-39)40-34-35-45-43-25-14-17-29-49(43)60(53(45)36-40)50-30-10-5-11-32-56(50)61(41-22-8-4-9-23-41)57-33-19-18-31-51(57)60/h3,5-8,10-29,31-38H,4,9,30H2,1-2H3. The van der Waals surface area contributed by atoms with Crippen LogP contribution in [0.1, 0.15) is 83.2 Å². The van der Waals surface area contributed by atoms with Crippen LogP contribution in [0.4, 0.5) is 5.69 Å². The third-order valence-corrected chi connectivity index (χ3v) is 15.0. The maximum Gasteiger partial charge on any atom is 0.0720 e. The number of hydrogen-bond acceptors (Lipinski definition) is 1. The molecule has 2 unspecified atom stereocenters. The molecule has 1 nitrogen and oxygen atoms in total. The number of anilines is 1. The smallest absolute Gasteiger partial charge is 0.0720 e. The monoisotopic (exact) mass is 779 g/mol. The Morgan fingerprint density at radius 2 is 1.10 bits per heavy atom. The van der Waals surface area contributed by atoms with Gasteiger partial charge < -0.3 is 4.90 Å². The van der Waals surface area contributed by atoms with Crippen LogP contribution in [0.2, 0.25) is 0 Å². The summed E-state index contributed by atoms with van der Waals surface area (Å²) in [6.07, 6.45) is 19.3. The van der Waals surface area contributed by atoms with Gasteiger partial charge in [-0.05, 0) is 133 Å². The molecule has 1 heterocycles. The van der Waals surface area contributed by atoms with Crippen molar-refractivity contribution in [3.8, 4) is 33.4 Å². The first-order chi connectivity index (χ1) is 30.0. The lowest BCUT2D eigenvalue weighted by Crippen LogP contribution is -2.40. The predicted octanol–water partition coefficient (Wildman–Crippen LogP) is 14.5. The molecule has 1 spiro atoms. The summed E-state index contributed by atoms with van der Waals surface area (Å²) in [7, 11) is 0. The van der Waals surface area contributed by atoms with Crippen LogP contribution >= 0.6 is 0 Å². The van der Waals surface area contributed by atoms with E-state index in [0.29, 0.717) is 0 Å². The number of benzene rings is 7. The molecule has 0 saturated carbocycles. The zero-order valence-corrected chi connectivity index (χ0v) is 34.6. The zero-order valence-electron chi connectivity index (χ0n) is 34.6. The number of allylic oxidation sites excluding steroid dienone is 8. The van der Waals surface area contributed by atoms with E-state index in [4.69, 9.17) is 0 Å². The molecule has 6 aliphatic rings. The molecule has 1 aliphatic heterocycles. The number of hydrogen-bond donors (Lipinski definition) is 0. The Balaban J connectivity index is 1.12. The Bertz CT molecular complexity index is 3200. The summed E-state index contributed by atoms with van der Waals surface area (Å²) < 4.78 is 0. The summed E-state index contributed by atoms with van der Waals surface area (Å²) in [5, 5.41) is 0. The molecule has 0 amide bonds. The Hall–Kier alpha value is -6.96. The van der Waals surface area contributed by atoms with Crippen LogP contribution in [0.15, 0.2) is 217 Å². The number of fused-ring (bicyclic) bond motifs is 12. The van der Waals surface area contributed by atoms with E-state index in [2.05, 4.69) is 219 Å². The highest BCUT2D eigenvalue weighted by Gasteiger charge is 2.58. The van der Waals surface area contributed by atoms with Gasteiger partial charge in [0.1, 0.15) is 0 Å². The van der Waals surface area contributed by atoms with E-state index in [1.54, 1.807) is 0 Å². The van der Waals surface area contributed by atoms with Crippen molar-refractivity contribution < 1.29 is 0 Å². The average molecular weight is 780 g/mol. The van der Waals surface area contributed by atoms with E-state index in [-0.39, 0.29) is 5.41 Å². The summed E-state index contributed by atoms with van der Waals surface area (Å²) >= 11 is 0. The molecule has 61 heavy (non-hydrogen) atoms. The quantitative estimate of drug-likeness (QED) is 0.172. The minimum atomic E-state index is -0.494. The summed E-state index contributed by atoms with van der Waals surface area (Å²) in [4.78, 5) is 2.55. The molecule has 0 bridgehead atoms. The van der Waals surface area contributed by atoms with Crippen molar-refractivity contribution in [2.24, 2.45) is 0 Å². The van der Waals surface area contributed by atoms with Crippen molar-refractivity contribution in [3.63, 3.8) is 0 Å². The second-order valence-electron chi connectivity index (χ2n) is 18.1. The van der Waals surface area contributed by atoms with Crippen molar-refractivity contribution in [1.29, 1.82) is 0 Å². The van der Waals surface area contributed by atoms with Gasteiger partial charge in [0.05, 0.1) is 16.5 Å². The van der Waals surface area contributed by atoms with E-state index >= 15 is 0 Å². The van der Waals surface area contributed by atoms with Crippen molar-refractivity contribution in [2.75, 3.05) is 4.90 Å². The molecule has 7 aromatic rings. The van der Waals surface area contributed by atoms with Gasteiger partial charge in [-0.15, -0.1) is 0 Å². The van der Waals surface area contributed by atoms with Crippen LogP contribution in [0.3, 0.4) is 0 Å². The molecular formula is C60H45N. The number of rotatable bonds is 4. The Kier molecular flexibility index (Phi) is 7.16. The Morgan fingerprint density at radius 3 is 1.89 bits per heavy atom. The van der Waals surface area contributed by atoms with Crippen LogP contribution in [0.25, 0.3) is 33.4 Å². The van der Waals surface area contributed by atoms with Gasteiger partial charge >= 0.3 is 0 Å². The molecule has 0 N–H and O–H groups in total. The van der Waals surface area contributed by atoms with E-state index in [9.17, 15) is 0 Å². The van der Waals surface area contributed by atoms with E-state index in [0.717, 1.165) is 19.3 Å². The first-order valence-electron chi connectivity index (χ1n) is 22.1. The molecule has 0 fully saturated rings. The number of para-hydroxylation sites is 1. The largest absolute Gasteiger partial charge is 0.310 e. The normalized spacial score (nSPS) is 21.5. The minimum absolute atomic E-state index is 0.0953. The summed E-state index contributed by atoms with van der Waals surface area (Å²) in [5.74, 6) is 0. The Labute approximate surface area is 359 Å². The van der Waals surface area contributed by atoms with Gasteiger partial charge in [-0.1, -0.05) is 190 Å². The van der Waals surface area contributed by atoms with E-state index < -0.39 is 10.8 Å². The van der Waals surface area contributed by atoms with Crippen LogP contribution in [-0.4, -0.2) is 0 Å². The number of nitrogens with zero attached hydrogens (tertiary/aromatic N) is 1. The summed E-state index contributed by atoms with van der Waals surface area (Å²) in [5.41, 5.74) is 24.6. The fourth-order valence-corrected chi connectivity index (χ4v) is 12.3. The van der Waals surface area contributed by atoms with Gasteiger partial charge in [0.25, 0.3) is 0 Å². The molecule has 13 rings (SSSR count). The van der Waals surface area contributed by atoms with Crippen molar-refractivity contribution in [1.82, 2.24) is 0 Å². The van der Waals surface area contributed by atoms with Crippen molar-refractivity contribution in [2.45, 2.75) is 49.4 Å². The molecule has 290 valence electrons. The van der Waals surface area contributed by atoms with Crippen LogP contribution < -0.4 is 4.90 Å². The van der Waals surface area contributed by atoms with E-state index in [1.165, 1.54) is 106 Å². The van der Waals surface area contributed by atoms with Crippen LogP contribution in [0, 0.1) is 0 Å². The highest BCUT2D eigenvalue weighted by molar-refractivity contribution is 5.94. The second-order valence-corrected chi connectivity index (χ2v) is 18.1. The lowest BCUT2D eigenvalue weighted by Gasteiger charge is -2.46. The molecule has 0 aromatic heterocycles. The molecule has 0 radical (unpaired) electrons. The maximum atomic E-state index is 2.65. The summed E-state index contributed by atoms with van der Waals surface area (Å²) in [6.45, 7) is 4.82. The topological polar surface area (TPSA) is 3.24 Å². The molecule has 1 heteroatoms. The summed E-state index contributed by atoms with van der Waals surface area (Å²) in [6, 6.07) is 60.6. The maximum absolute atomic E-state index is 2.65. The Morgan fingerprint density at radius 1 is 0.443 bits per heavy atom. The molecule has 5 aliphatic carbocycles. The third-order valence-electron chi connectivity index (χ3n) is 15.0. The fourth-order valence-electron chi connectivity index (χ4n) is 12.3. The lowest BCUT2D eigenvalue weighted by atomic mass is 9.63. The van der Waals surface area contributed by atoms with Crippen LogP contribution in [0.5, 0.6) is 0 Å². The highest BCUT2D eigenvalue weighted by atomic mass is 15.2. The highest BCUT2D eigenvalue weighted by Crippen LogP contribution is 2.67. The second kappa shape index (κ2) is 12.5. The lowest BCUT2D eigenvalue weighted by molar-refractivity contribution is 0.660. The average Bonchev–Trinajstić information content (AvgIpc) is 3.91. The van der Waals surface area contributed by atoms with Crippen LogP contribution in [-0.2, 0) is 16.2 Å².